The second kappa shape index (κ2) is 7.62. The van der Waals surface area contributed by atoms with Gasteiger partial charge in [-0.1, -0.05) is 36.4 Å². The van der Waals surface area contributed by atoms with Crippen molar-refractivity contribution < 1.29 is 9.59 Å². The first kappa shape index (κ1) is 18.5. The normalized spacial score (nSPS) is 22.9. The molecule has 0 radical (unpaired) electrons. The first-order valence-electron chi connectivity index (χ1n) is 9.79. The molecule has 2 aromatic rings. The highest BCUT2D eigenvalue weighted by Gasteiger charge is 2.61. The van der Waals surface area contributed by atoms with E-state index in [0.717, 1.165) is 24.1 Å². The van der Waals surface area contributed by atoms with Crippen LogP contribution in [0.2, 0.25) is 0 Å². The average molecular weight is 378 g/mol. The standard InChI is InChI=1S/C22H26N4O2/c1-25(15-18-9-5-6-11-23-18)20(27)19-13-22(19)10-12-26(16-22)21(28)24-14-17-7-3-2-4-8-17/h2-9,11,19H,10,12-16H2,1H3,(H,24,28). The summed E-state index contributed by atoms with van der Waals surface area (Å²) in [7, 11) is 1.84. The molecule has 2 atom stereocenters. The van der Waals surface area contributed by atoms with Crippen LogP contribution in [0.4, 0.5) is 4.79 Å². The van der Waals surface area contributed by atoms with Gasteiger partial charge in [-0.25, -0.2) is 4.79 Å². The number of rotatable bonds is 5. The Morgan fingerprint density at radius 2 is 2.00 bits per heavy atom. The summed E-state index contributed by atoms with van der Waals surface area (Å²) in [4.78, 5) is 33.2. The Hall–Kier alpha value is -2.89. The number of benzene rings is 1. The number of hydrogen-bond donors (Lipinski definition) is 1. The molecule has 6 heteroatoms. The maximum absolute atomic E-state index is 12.8. The van der Waals surface area contributed by atoms with Crippen molar-refractivity contribution in [2.45, 2.75) is 25.9 Å². The van der Waals surface area contributed by atoms with E-state index >= 15 is 0 Å². The topological polar surface area (TPSA) is 65.5 Å². The van der Waals surface area contributed by atoms with Gasteiger partial charge in [0.15, 0.2) is 0 Å². The molecule has 2 fully saturated rings. The van der Waals surface area contributed by atoms with E-state index in [1.165, 1.54) is 0 Å². The van der Waals surface area contributed by atoms with Crippen LogP contribution in [0.15, 0.2) is 54.7 Å². The molecular formula is C22H26N4O2. The van der Waals surface area contributed by atoms with Crippen molar-refractivity contribution in [2.75, 3.05) is 20.1 Å². The summed E-state index contributed by atoms with van der Waals surface area (Å²) in [6.45, 7) is 2.43. The molecule has 0 bridgehead atoms. The molecule has 2 aliphatic rings. The molecule has 1 saturated heterocycles. The minimum atomic E-state index is -0.0410. The highest BCUT2D eigenvalue weighted by atomic mass is 16.2. The molecule has 146 valence electrons. The first-order valence-corrected chi connectivity index (χ1v) is 9.79. The molecule has 4 rings (SSSR count). The van der Waals surface area contributed by atoms with Gasteiger partial charge in [-0.15, -0.1) is 0 Å². The lowest BCUT2D eigenvalue weighted by Crippen LogP contribution is -2.38. The van der Waals surface area contributed by atoms with Gasteiger partial charge in [0.1, 0.15) is 0 Å². The fourth-order valence-electron chi connectivity index (χ4n) is 4.18. The van der Waals surface area contributed by atoms with Crippen LogP contribution in [-0.4, -0.2) is 46.9 Å². The predicted molar refractivity (Wildman–Crippen MR) is 106 cm³/mol. The maximum Gasteiger partial charge on any atom is 0.317 e. The smallest absolute Gasteiger partial charge is 0.317 e. The average Bonchev–Trinajstić information content (AvgIpc) is 3.26. The Bertz CT molecular complexity index is 842. The summed E-state index contributed by atoms with van der Waals surface area (Å²) in [6.07, 6.45) is 3.52. The number of aromatic nitrogens is 1. The van der Waals surface area contributed by atoms with E-state index in [2.05, 4.69) is 10.3 Å². The van der Waals surface area contributed by atoms with Crippen LogP contribution in [0.1, 0.15) is 24.1 Å². The fraction of sp³-hybridized carbons (Fsp3) is 0.409. The Kier molecular flexibility index (Phi) is 5.03. The van der Waals surface area contributed by atoms with Crippen LogP contribution < -0.4 is 5.32 Å². The van der Waals surface area contributed by atoms with Crippen molar-refractivity contribution in [1.82, 2.24) is 20.1 Å². The van der Waals surface area contributed by atoms with Crippen LogP contribution in [0.25, 0.3) is 0 Å². The number of urea groups is 1. The molecule has 2 unspecified atom stereocenters. The number of hydrogen-bond acceptors (Lipinski definition) is 3. The summed E-state index contributed by atoms with van der Waals surface area (Å²) in [6, 6.07) is 15.6. The number of carbonyl (C=O) groups is 2. The lowest BCUT2D eigenvalue weighted by Gasteiger charge is -2.20. The first-order chi connectivity index (χ1) is 13.6. The zero-order valence-electron chi connectivity index (χ0n) is 16.2. The van der Waals surface area contributed by atoms with Crippen LogP contribution in [-0.2, 0) is 17.9 Å². The lowest BCUT2D eigenvalue weighted by molar-refractivity contribution is -0.132. The second-order valence-electron chi connectivity index (χ2n) is 7.95. The summed E-state index contributed by atoms with van der Waals surface area (Å²) < 4.78 is 0. The molecule has 6 nitrogen and oxygen atoms in total. The molecule has 1 aliphatic carbocycles. The van der Waals surface area contributed by atoms with Crippen molar-refractivity contribution in [3.8, 4) is 0 Å². The number of likely N-dealkylation sites (tertiary alicyclic amines) is 1. The second-order valence-corrected chi connectivity index (χ2v) is 7.95. The summed E-state index contributed by atoms with van der Waals surface area (Å²) >= 11 is 0. The molecule has 3 amide bonds. The molecular weight excluding hydrogens is 352 g/mol. The minimum absolute atomic E-state index is 0.0214. The van der Waals surface area contributed by atoms with Crippen molar-refractivity contribution in [3.05, 3.63) is 66.0 Å². The summed E-state index contributed by atoms with van der Waals surface area (Å²) in [5, 5.41) is 2.99. The molecule has 1 spiro atoms. The Morgan fingerprint density at radius 3 is 2.75 bits per heavy atom. The van der Waals surface area contributed by atoms with Crippen molar-refractivity contribution in [1.29, 1.82) is 0 Å². The Morgan fingerprint density at radius 1 is 1.21 bits per heavy atom. The van der Waals surface area contributed by atoms with Gasteiger partial charge >= 0.3 is 6.03 Å². The maximum atomic E-state index is 12.8. The highest BCUT2D eigenvalue weighted by Crippen LogP contribution is 2.59. The lowest BCUT2D eigenvalue weighted by atomic mass is 10.0. The third-order valence-electron chi connectivity index (χ3n) is 5.95. The van der Waals surface area contributed by atoms with Gasteiger partial charge in [-0.3, -0.25) is 9.78 Å². The van der Waals surface area contributed by atoms with E-state index < -0.39 is 0 Å². The van der Waals surface area contributed by atoms with Crippen molar-refractivity contribution in [2.24, 2.45) is 11.3 Å². The molecule has 1 N–H and O–H groups in total. The van der Waals surface area contributed by atoms with E-state index in [0.29, 0.717) is 26.2 Å². The SMILES string of the molecule is CN(Cc1ccccn1)C(=O)C1CC12CCN(C(=O)NCc1ccccc1)C2. The van der Waals surface area contributed by atoms with Crippen LogP contribution in [0.5, 0.6) is 0 Å². The summed E-state index contributed by atoms with van der Waals surface area (Å²) in [5.74, 6) is 0.185. The third-order valence-corrected chi connectivity index (χ3v) is 5.95. The molecule has 1 aromatic heterocycles. The van der Waals surface area contributed by atoms with Crippen molar-refractivity contribution in [3.63, 3.8) is 0 Å². The van der Waals surface area contributed by atoms with Gasteiger partial charge < -0.3 is 15.1 Å². The molecule has 1 saturated carbocycles. The van der Waals surface area contributed by atoms with E-state index in [1.807, 2.05) is 60.5 Å². The minimum Gasteiger partial charge on any atom is -0.340 e. The molecule has 28 heavy (non-hydrogen) atoms. The largest absolute Gasteiger partial charge is 0.340 e. The van der Waals surface area contributed by atoms with Gasteiger partial charge in [-0.05, 0) is 30.5 Å². The number of pyridine rings is 1. The zero-order valence-corrected chi connectivity index (χ0v) is 16.2. The van der Waals surface area contributed by atoms with Crippen LogP contribution >= 0.6 is 0 Å². The predicted octanol–water partition coefficient (Wildman–Crippen LogP) is 2.66. The number of carbonyl (C=O) groups excluding carboxylic acids is 2. The fourth-order valence-corrected chi connectivity index (χ4v) is 4.18. The van der Waals surface area contributed by atoms with Gasteiger partial charge in [0.25, 0.3) is 0 Å². The quantitative estimate of drug-likeness (QED) is 0.870. The number of nitrogens with zero attached hydrogens (tertiary/aromatic N) is 3. The third kappa shape index (κ3) is 3.86. The molecule has 1 aliphatic heterocycles. The molecule has 2 heterocycles. The Balaban J connectivity index is 1.28. The van der Waals surface area contributed by atoms with Gasteiger partial charge in [0.05, 0.1) is 12.2 Å². The van der Waals surface area contributed by atoms with Gasteiger partial charge in [-0.2, -0.15) is 0 Å². The van der Waals surface area contributed by atoms with E-state index in [1.54, 1.807) is 11.1 Å². The van der Waals surface area contributed by atoms with Crippen LogP contribution in [0.3, 0.4) is 0 Å². The van der Waals surface area contributed by atoms with Gasteiger partial charge in [0.2, 0.25) is 5.91 Å². The van der Waals surface area contributed by atoms with Gasteiger partial charge in [0, 0.05) is 44.2 Å². The number of nitrogens with one attached hydrogen (secondary N) is 1. The van der Waals surface area contributed by atoms with E-state index in [-0.39, 0.29) is 23.3 Å². The molecule has 1 aromatic carbocycles. The highest BCUT2D eigenvalue weighted by molar-refractivity contribution is 5.83. The Labute approximate surface area is 165 Å². The van der Waals surface area contributed by atoms with E-state index in [9.17, 15) is 9.59 Å². The number of amides is 3. The van der Waals surface area contributed by atoms with Crippen molar-refractivity contribution >= 4 is 11.9 Å². The summed E-state index contributed by atoms with van der Waals surface area (Å²) in [5.41, 5.74) is 1.95. The van der Waals surface area contributed by atoms with E-state index in [4.69, 9.17) is 0 Å². The zero-order chi connectivity index (χ0) is 19.6. The monoisotopic (exact) mass is 378 g/mol. The van der Waals surface area contributed by atoms with Crippen LogP contribution in [0, 0.1) is 11.3 Å².